The minimum absolute atomic E-state index is 0.0177. The quantitative estimate of drug-likeness (QED) is 0.156. The molecule has 8 nitrogen and oxygen atoms in total. The molecule has 3 aromatic rings. The van der Waals surface area contributed by atoms with E-state index in [1.165, 1.54) is 24.6 Å². The Bertz CT molecular complexity index is 1410. The Morgan fingerprint density at radius 2 is 1.70 bits per heavy atom. The van der Waals surface area contributed by atoms with Crippen LogP contribution >= 0.6 is 23.4 Å². The number of ether oxygens (including phenoxy) is 2. The fourth-order valence-corrected chi connectivity index (χ4v) is 5.57. The molecule has 43 heavy (non-hydrogen) atoms. The number of hydrogen-bond donors (Lipinski definition) is 1. The lowest BCUT2D eigenvalue weighted by molar-refractivity contribution is -0.129. The summed E-state index contributed by atoms with van der Waals surface area (Å²) in [7, 11) is 0. The number of nitrogens with zero attached hydrogens (tertiary/aromatic N) is 2. The maximum absolute atomic E-state index is 13.4. The Labute approximate surface area is 261 Å². The number of benzene rings is 3. The fourth-order valence-electron chi connectivity index (χ4n) is 4.34. The van der Waals surface area contributed by atoms with Gasteiger partial charge in [0.1, 0.15) is 11.0 Å². The van der Waals surface area contributed by atoms with Crippen LogP contribution in [0.25, 0.3) is 0 Å². The van der Waals surface area contributed by atoms with Crippen molar-refractivity contribution in [1.29, 1.82) is 0 Å². The van der Waals surface area contributed by atoms with Gasteiger partial charge in [0.05, 0.1) is 31.0 Å². The summed E-state index contributed by atoms with van der Waals surface area (Å²) < 4.78 is 10.9. The number of carbonyl (C=O) groups is 3. The largest absolute Gasteiger partial charge is 0.494 e. The second kappa shape index (κ2) is 16.1. The molecule has 1 unspecified atom stereocenters. The van der Waals surface area contributed by atoms with Crippen molar-refractivity contribution < 1.29 is 23.9 Å². The highest BCUT2D eigenvalue weighted by atomic mass is 35.5. The maximum Gasteiger partial charge on any atom is 0.338 e. The van der Waals surface area contributed by atoms with Gasteiger partial charge in [-0.25, -0.2) is 9.79 Å². The van der Waals surface area contributed by atoms with Crippen LogP contribution in [0.3, 0.4) is 0 Å². The average Bonchev–Trinajstić information content (AvgIpc) is 3.01. The number of rotatable bonds is 13. The number of amides is 2. The molecule has 0 saturated carbocycles. The predicted molar refractivity (Wildman–Crippen MR) is 172 cm³/mol. The smallest absolute Gasteiger partial charge is 0.338 e. The molecule has 0 aromatic heterocycles. The van der Waals surface area contributed by atoms with Crippen LogP contribution < -0.4 is 10.1 Å². The number of anilines is 1. The van der Waals surface area contributed by atoms with E-state index in [4.69, 9.17) is 26.1 Å². The van der Waals surface area contributed by atoms with Gasteiger partial charge in [-0.15, -0.1) is 0 Å². The maximum atomic E-state index is 13.4. The van der Waals surface area contributed by atoms with Crippen molar-refractivity contribution in [2.75, 3.05) is 18.5 Å². The summed E-state index contributed by atoms with van der Waals surface area (Å²) in [5.41, 5.74) is 2.43. The van der Waals surface area contributed by atoms with Gasteiger partial charge in [-0.1, -0.05) is 61.7 Å². The highest BCUT2D eigenvalue weighted by Gasteiger charge is 2.36. The monoisotopic (exact) mass is 621 g/mol. The lowest BCUT2D eigenvalue weighted by atomic mass is 10.2. The topological polar surface area (TPSA) is 97.3 Å². The number of thioether (sulfide) groups is 1. The van der Waals surface area contributed by atoms with Crippen LogP contribution in [0, 0.1) is 0 Å². The van der Waals surface area contributed by atoms with Gasteiger partial charge in [0, 0.05) is 17.1 Å². The van der Waals surface area contributed by atoms with E-state index in [2.05, 4.69) is 12.2 Å². The van der Waals surface area contributed by atoms with Crippen LogP contribution in [0.2, 0.25) is 5.02 Å². The van der Waals surface area contributed by atoms with E-state index in [-0.39, 0.29) is 31.4 Å². The highest BCUT2D eigenvalue weighted by molar-refractivity contribution is 8.15. The third kappa shape index (κ3) is 9.59. The lowest BCUT2D eigenvalue weighted by Gasteiger charge is -2.32. The molecule has 1 atom stereocenters. The Morgan fingerprint density at radius 1 is 0.977 bits per heavy atom. The lowest BCUT2D eigenvalue weighted by Crippen LogP contribution is -2.44. The SMILES string of the molecule is CCCCCCOc1ccc(NC(=O)C2CC(=O)N(Cc3ccc(Cl)cc3)C(=Nc3ccc(C(=O)OCC)cc3)S2)cc1. The average molecular weight is 622 g/mol. The number of nitrogens with one attached hydrogen (secondary N) is 1. The minimum atomic E-state index is -0.680. The van der Waals surface area contributed by atoms with Crippen LogP contribution in [0.15, 0.2) is 77.8 Å². The zero-order chi connectivity index (χ0) is 30.6. The number of carbonyl (C=O) groups excluding carboxylic acids is 3. The number of hydrogen-bond acceptors (Lipinski definition) is 7. The number of esters is 1. The van der Waals surface area contributed by atoms with E-state index < -0.39 is 11.2 Å². The fraction of sp³-hybridized carbons (Fsp3) is 0.333. The van der Waals surface area contributed by atoms with Crippen LogP contribution in [0.5, 0.6) is 5.75 Å². The molecule has 1 saturated heterocycles. The molecule has 226 valence electrons. The summed E-state index contributed by atoms with van der Waals surface area (Å²) in [6.45, 7) is 5.14. The molecular weight excluding hydrogens is 586 g/mol. The molecule has 4 rings (SSSR count). The highest BCUT2D eigenvalue weighted by Crippen LogP contribution is 2.31. The van der Waals surface area contributed by atoms with Gasteiger partial charge < -0.3 is 14.8 Å². The molecule has 2 amide bonds. The van der Waals surface area contributed by atoms with Crippen LogP contribution in [0.1, 0.15) is 61.9 Å². The van der Waals surface area contributed by atoms with Crippen LogP contribution in [0.4, 0.5) is 11.4 Å². The Kier molecular flexibility index (Phi) is 12.1. The molecule has 1 fully saturated rings. The van der Waals surface area contributed by atoms with Gasteiger partial charge in [-0.3, -0.25) is 14.5 Å². The molecule has 1 aliphatic heterocycles. The van der Waals surface area contributed by atoms with Gasteiger partial charge in [0.2, 0.25) is 11.8 Å². The predicted octanol–water partition coefficient (Wildman–Crippen LogP) is 7.64. The van der Waals surface area contributed by atoms with E-state index in [1.807, 2.05) is 24.3 Å². The second-order valence-corrected chi connectivity index (χ2v) is 11.6. The zero-order valence-corrected chi connectivity index (χ0v) is 26.0. The molecule has 0 aliphatic carbocycles. The molecule has 0 spiro atoms. The summed E-state index contributed by atoms with van der Waals surface area (Å²) in [6.07, 6.45) is 4.54. The van der Waals surface area contributed by atoms with Crippen molar-refractivity contribution in [1.82, 2.24) is 4.90 Å². The van der Waals surface area contributed by atoms with Gasteiger partial charge >= 0.3 is 5.97 Å². The zero-order valence-electron chi connectivity index (χ0n) is 24.4. The van der Waals surface area contributed by atoms with E-state index in [9.17, 15) is 14.4 Å². The molecule has 0 radical (unpaired) electrons. The van der Waals surface area contributed by atoms with Crippen molar-refractivity contribution in [3.8, 4) is 5.75 Å². The third-order valence-electron chi connectivity index (χ3n) is 6.68. The molecular formula is C33H36ClN3O5S. The van der Waals surface area contributed by atoms with E-state index >= 15 is 0 Å². The first kappa shape index (κ1) is 32.1. The van der Waals surface area contributed by atoms with Gasteiger partial charge in [-0.2, -0.15) is 0 Å². The third-order valence-corrected chi connectivity index (χ3v) is 8.12. The molecule has 0 bridgehead atoms. The van der Waals surface area contributed by atoms with Gasteiger partial charge in [0.15, 0.2) is 5.17 Å². The van der Waals surface area contributed by atoms with Crippen molar-refractivity contribution in [2.45, 2.75) is 57.7 Å². The summed E-state index contributed by atoms with van der Waals surface area (Å²) >= 11 is 7.28. The Balaban J connectivity index is 1.47. The van der Waals surface area contributed by atoms with Crippen molar-refractivity contribution in [2.24, 2.45) is 4.99 Å². The molecule has 10 heteroatoms. The molecule has 1 heterocycles. The number of halogens is 1. The first-order valence-electron chi connectivity index (χ1n) is 14.5. The summed E-state index contributed by atoms with van der Waals surface area (Å²) in [5, 5.41) is 3.23. The van der Waals surface area contributed by atoms with Crippen molar-refractivity contribution >= 4 is 57.7 Å². The minimum Gasteiger partial charge on any atom is -0.494 e. The number of amidine groups is 1. The van der Waals surface area contributed by atoms with Crippen molar-refractivity contribution in [3.05, 3.63) is 88.9 Å². The Morgan fingerprint density at radius 3 is 2.37 bits per heavy atom. The summed E-state index contributed by atoms with van der Waals surface area (Å²) in [6, 6.07) is 21.1. The summed E-state index contributed by atoms with van der Waals surface area (Å²) in [4.78, 5) is 45.1. The number of aliphatic imine (C=N–C) groups is 1. The van der Waals surface area contributed by atoms with E-state index in [0.29, 0.717) is 33.7 Å². The van der Waals surface area contributed by atoms with Crippen LogP contribution in [-0.4, -0.2) is 46.3 Å². The first-order chi connectivity index (χ1) is 20.9. The van der Waals surface area contributed by atoms with E-state index in [1.54, 1.807) is 60.4 Å². The van der Waals surface area contributed by atoms with Gasteiger partial charge in [-0.05, 0) is 79.6 Å². The second-order valence-electron chi connectivity index (χ2n) is 10.0. The standard InChI is InChI=1S/C33H36ClN3O5S/c1-3-5-6-7-20-42-28-18-16-26(17-19-28)35-31(39)29-21-30(38)37(22-23-8-12-25(34)13-9-23)33(43-29)36-27-14-10-24(11-15-27)32(40)41-4-2/h8-19,29H,3-7,20-22H2,1-2H3,(H,35,39). The Hall–Kier alpha value is -3.82. The first-order valence-corrected chi connectivity index (χ1v) is 15.7. The number of unbranched alkanes of at least 4 members (excludes halogenated alkanes) is 3. The van der Waals surface area contributed by atoms with Gasteiger partial charge in [0.25, 0.3) is 0 Å². The summed E-state index contributed by atoms with van der Waals surface area (Å²) in [5.74, 6) is -0.180. The van der Waals surface area contributed by atoms with Crippen LogP contribution in [-0.2, 0) is 20.9 Å². The normalized spacial score (nSPS) is 15.8. The molecule has 3 aromatic carbocycles. The van der Waals surface area contributed by atoms with E-state index in [0.717, 1.165) is 24.2 Å². The van der Waals surface area contributed by atoms with Crippen molar-refractivity contribution in [3.63, 3.8) is 0 Å². The molecule has 1 N–H and O–H groups in total. The molecule has 1 aliphatic rings.